The van der Waals surface area contributed by atoms with Gasteiger partial charge >= 0.3 is 5.97 Å². The van der Waals surface area contributed by atoms with Crippen LogP contribution < -0.4 is 0 Å². The molecule has 10 heavy (non-hydrogen) atoms. The summed E-state index contributed by atoms with van der Waals surface area (Å²) in [6.45, 7) is 1.17. The number of rotatable bonds is 3. The molecule has 1 N–H and O–H groups in total. The van der Waals surface area contributed by atoms with Crippen LogP contribution in [-0.2, 0) is 41.7 Å². The third-order valence-corrected chi connectivity index (χ3v) is 0.648. The molecule has 0 aliphatic rings. The molecule has 0 unspecified atom stereocenters. The Morgan fingerprint density at radius 3 is 1.80 bits per heavy atom. The van der Waals surface area contributed by atoms with Crippen molar-refractivity contribution < 1.29 is 46.8 Å². The average Bonchev–Trinajstić information content (AvgIpc) is 1.63. The van der Waals surface area contributed by atoms with Gasteiger partial charge in [-0.15, -0.1) is 0 Å². The maximum atomic E-state index is 10.1. The summed E-state index contributed by atoms with van der Waals surface area (Å²) in [5, 5.41) is 7.93. The number of hydrogen-bond acceptors (Lipinski definition) is 3. The molecular formula is C5H6CdO4. The van der Waals surface area contributed by atoms with Crippen LogP contribution >= 0.6 is 0 Å². The Labute approximate surface area is 77.8 Å². The molecule has 52 valence electrons. The fourth-order valence-corrected chi connectivity index (χ4v) is 0.302. The van der Waals surface area contributed by atoms with E-state index < -0.39 is 24.0 Å². The number of carboxylic acid groups (broad SMARTS) is 1. The van der Waals surface area contributed by atoms with Crippen molar-refractivity contribution in [2.24, 2.45) is 0 Å². The summed E-state index contributed by atoms with van der Waals surface area (Å²) in [7, 11) is 0. The van der Waals surface area contributed by atoms with Crippen LogP contribution in [0, 0.1) is 0 Å². The van der Waals surface area contributed by atoms with Crippen molar-refractivity contribution in [3.63, 3.8) is 0 Å². The average molecular weight is 243 g/mol. The Balaban J connectivity index is 0. The van der Waals surface area contributed by atoms with E-state index >= 15 is 0 Å². The molecular weight excluding hydrogens is 236 g/mol. The zero-order valence-electron chi connectivity index (χ0n) is 5.59. The first kappa shape index (κ1) is 12.4. The van der Waals surface area contributed by atoms with Crippen LogP contribution in [-0.4, -0.2) is 22.6 Å². The van der Waals surface area contributed by atoms with Gasteiger partial charge in [-0.2, -0.15) is 0 Å². The molecule has 0 fully saturated rings. The predicted octanol–water partition coefficient (Wildman–Crippen LogP) is -0.383. The largest absolute Gasteiger partial charge is 0.475 e. The van der Waals surface area contributed by atoms with Gasteiger partial charge in [-0.3, -0.25) is 9.59 Å². The molecule has 0 radical (unpaired) electrons. The van der Waals surface area contributed by atoms with Gasteiger partial charge in [0.05, 0.1) is 6.42 Å². The van der Waals surface area contributed by atoms with Crippen LogP contribution in [0.4, 0.5) is 0 Å². The molecule has 0 aliphatic heterocycles. The Kier molecular flexibility index (Phi) is 6.84. The SMILES string of the molecule is CC(=O)CC(=O)C(=O)O.[Cd]. The number of carbonyl (C=O) groups excluding carboxylic acids is 2. The van der Waals surface area contributed by atoms with Crippen molar-refractivity contribution >= 4 is 17.5 Å². The second kappa shape index (κ2) is 5.51. The molecule has 0 amide bonds. The minimum absolute atomic E-state index is 0. The van der Waals surface area contributed by atoms with Crippen LogP contribution in [0.15, 0.2) is 0 Å². The third-order valence-electron chi connectivity index (χ3n) is 0.648. The van der Waals surface area contributed by atoms with Gasteiger partial charge in [0, 0.05) is 27.3 Å². The summed E-state index contributed by atoms with van der Waals surface area (Å²) in [5.74, 6) is -3.03. The third kappa shape index (κ3) is 5.86. The summed E-state index contributed by atoms with van der Waals surface area (Å²) in [4.78, 5) is 29.9. The smallest absolute Gasteiger partial charge is 0.372 e. The zero-order valence-corrected chi connectivity index (χ0v) is 9.62. The van der Waals surface area contributed by atoms with Crippen molar-refractivity contribution in [3.8, 4) is 0 Å². The summed E-state index contributed by atoms with van der Waals surface area (Å²) < 4.78 is 0. The molecule has 0 saturated heterocycles. The van der Waals surface area contributed by atoms with Gasteiger partial charge < -0.3 is 5.11 Å². The van der Waals surface area contributed by atoms with E-state index in [1.807, 2.05) is 0 Å². The van der Waals surface area contributed by atoms with Crippen LogP contribution in [0.2, 0.25) is 0 Å². The quantitative estimate of drug-likeness (QED) is 0.416. The Morgan fingerprint density at radius 2 is 1.70 bits per heavy atom. The summed E-state index contributed by atoms with van der Waals surface area (Å²) in [6, 6.07) is 0. The maximum absolute atomic E-state index is 10.1. The molecule has 0 aromatic carbocycles. The summed E-state index contributed by atoms with van der Waals surface area (Å²) >= 11 is 0. The standard InChI is InChI=1S/C5H6O4.Cd/c1-3(6)2-4(7)5(8)9;/h2H2,1H3,(H,8,9);. The molecule has 0 aromatic heterocycles. The number of carbonyl (C=O) groups is 3. The second-order valence-electron chi connectivity index (χ2n) is 1.61. The molecule has 0 rings (SSSR count). The van der Waals surface area contributed by atoms with Crippen molar-refractivity contribution in [1.29, 1.82) is 0 Å². The van der Waals surface area contributed by atoms with Gasteiger partial charge in [0.15, 0.2) is 0 Å². The fourth-order valence-electron chi connectivity index (χ4n) is 0.302. The molecule has 0 aliphatic carbocycles. The molecule has 4 nitrogen and oxygen atoms in total. The molecule has 0 atom stereocenters. The first-order valence-electron chi connectivity index (χ1n) is 2.29. The molecule has 5 heteroatoms. The van der Waals surface area contributed by atoms with Crippen LogP contribution in [0.25, 0.3) is 0 Å². The Morgan fingerprint density at radius 1 is 1.30 bits per heavy atom. The van der Waals surface area contributed by atoms with Gasteiger partial charge in [0.1, 0.15) is 5.78 Å². The number of Topliss-reactive ketones (excluding diaryl/α,β-unsaturated/α-hetero) is 2. The van der Waals surface area contributed by atoms with Crippen LogP contribution in [0.3, 0.4) is 0 Å². The van der Waals surface area contributed by atoms with E-state index in [1.54, 1.807) is 0 Å². The Hall–Kier alpha value is -0.268. The normalized spacial score (nSPS) is 7.70. The predicted molar refractivity (Wildman–Crippen MR) is 27.9 cm³/mol. The maximum Gasteiger partial charge on any atom is 0.372 e. The van der Waals surface area contributed by atoms with Crippen molar-refractivity contribution in [1.82, 2.24) is 0 Å². The minimum Gasteiger partial charge on any atom is -0.475 e. The first-order chi connectivity index (χ1) is 4.04. The second-order valence-corrected chi connectivity index (χ2v) is 1.61. The zero-order chi connectivity index (χ0) is 7.44. The van der Waals surface area contributed by atoms with Gasteiger partial charge in [-0.05, 0) is 6.92 Å². The Bertz CT molecular complexity index is 163. The van der Waals surface area contributed by atoms with Crippen LogP contribution in [0.1, 0.15) is 13.3 Å². The van der Waals surface area contributed by atoms with E-state index in [9.17, 15) is 14.4 Å². The summed E-state index contributed by atoms with van der Waals surface area (Å²) in [6.07, 6.45) is -0.505. The molecule has 0 spiro atoms. The molecule has 0 saturated carbocycles. The summed E-state index contributed by atoms with van der Waals surface area (Å²) in [5.41, 5.74) is 0. The van der Waals surface area contributed by atoms with Crippen molar-refractivity contribution in [2.45, 2.75) is 13.3 Å². The first-order valence-corrected chi connectivity index (χ1v) is 2.29. The van der Waals surface area contributed by atoms with E-state index in [0.717, 1.165) is 0 Å². The topological polar surface area (TPSA) is 71.4 Å². The van der Waals surface area contributed by atoms with E-state index in [1.165, 1.54) is 6.92 Å². The van der Waals surface area contributed by atoms with Crippen molar-refractivity contribution in [3.05, 3.63) is 0 Å². The monoisotopic (exact) mass is 244 g/mol. The van der Waals surface area contributed by atoms with Gasteiger partial charge in [-0.25, -0.2) is 4.79 Å². The van der Waals surface area contributed by atoms with E-state index in [-0.39, 0.29) is 27.3 Å². The van der Waals surface area contributed by atoms with E-state index in [4.69, 9.17) is 5.11 Å². The molecule has 0 heterocycles. The van der Waals surface area contributed by atoms with E-state index in [2.05, 4.69) is 0 Å². The molecule has 0 bridgehead atoms. The van der Waals surface area contributed by atoms with Gasteiger partial charge in [0.25, 0.3) is 0 Å². The minimum atomic E-state index is -1.55. The number of carboxylic acids is 1. The fraction of sp³-hybridized carbons (Fsp3) is 0.400. The number of aliphatic carboxylic acids is 1. The van der Waals surface area contributed by atoms with E-state index in [0.29, 0.717) is 0 Å². The van der Waals surface area contributed by atoms with Crippen molar-refractivity contribution in [2.75, 3.05) is 0 Å². The van der Waals surface area contributed by atoms with Gasteiger partial charge in [0.2, 0.25) is 5.78 Å². The number of hydrogen-bond donors (Lipinski definition) is 1. The van der Waals surface area contributed by atoms with Crippen LogP contribution in [0.5, 0.6) is 0 Å². The number of ketones is 2. The van der Waals surface area contributed by atoms with Gasteiger partial charge in [-0.1, -0.05) is 0 Å². The molecule has 0 aromatic rings.